The van der Waals surface area contributed by atoms with Gasteiger partial charge in [-0.3, -0.25) is 0 Å². The van der Waals surface area contributed by atoms with E-state index >= 15 is 0 Å². The van der Waals surface area contributed by atoms with Crippen molar-refractivity contribution in [3.63, 3.8) is 0 Å². The minimum Gasteiger partial charge on any atom is -0.0642 e. The molecule has 0 aromatic heterocycles. The minimum atomic E-state index is 1.06. The highest BCUT2D eigenvalue weighted by Crippen LogP contribution is 2.58. The SMILES string of the molecule is C1CC2CCC3CCC4CCC1C2=C43. The summed E-state index contributed by atoms with van der Waals surface area (Å²) in [6.45, 7) is 0. The monoisotopic (exact) mass is 188 g/mol. The molecule has 4 aliphatic carbocycles. The predicted molar refractivity (Wildman–Crippen MR) is 57.9 cm³/mol. The predicted octanol–water partition coefficient (Wildman–Crippen LogP) is 3.92. The van der Waals surface area contributed by atoms with Gasteiger partial charge in [0.25, 0.3) is 0 Å². The highest BCUT2D eigenvalue weighted by Gasteiger charge is 2.45. The standard InChI is InChI=1S/C14H20/c1-2-10-7-8-12-4-3-11-6-5-9(1)13(10)14(11)12/h9-12H,1-8H2. The van der Waals surface area contributed by atoms with Gasteiger partial charge < -0.3 is 0 Å². The number of hydrogen-bond acceptors (Lipinski definition) is 0. The fourth-order valence-electron chi connectivity index (χ4n) is 5.04. The normalized spacial score (nSPS) is 49.7. The second kappa shape index (κ2) is 2.65. The van der Waals surface area contributed by atoms with Gasteiger partial charge in [-0.15, -0.1) is 0 Å². The van der Waals surface area contributed by atoms with Crippen molar-refractivity contribution in [2.24, 2.45) is 23.7 Å². The van der Waals surface area contributed by atoms with Gasteiger partial charge in [0.05, 0.1) is 0 Å². The lowest BCUT2D eigenvalue weighted by Gasteiger charge is -2.35. The van der Waals surface area contributed by atoms with Crippen molar-refractivity contribution in [1.82, 2.24) is 0 Å². The largest absolute Gasteiger partial charge is 0.0642 e. The van der Waals surface area contributed by atoms with E-state index in [4.69, 9.17) is 0 Å². The fourth-order valence-corrected chi connectivity index (χ4v) is 5.04. The Bertz CT molecular complexity index is 241. The number of allylic oxidation sites excluding steroid dienone is 2. The first-order valence-electron chi connectivity index (χ1n) is 6.67. The van der Waals surface area contributed by atoms with Crippen molar-refractivity contribution in [2.45, 2.75) is 51.4 Å². The third-order valence-electron chi connectivity index (χ3n) is 5.55. The Balaban J connectivity index is 1.89. The van der Waals surface area contributed by atoms with E-state index in [0.717, 1.165) is 23.7 Å². The maximum atomic E-state index is 2.02. The van der Waals surface area contributed by atoms with Crippen LogP contribution in [0.15, 0.2) is 11.1 Å². The molecular formula is C14H20. The molecule has 0 radical (unpaired) electrons. The zero-order valence-corrected chi connectivity index (χ0v) is 8.97. The van der Waals surface area contributed by atoms with Crippen molar-refractivity contribution in [3.8, 4) is 0 Å². The molecule has 0 aromatic carbocycles. The highest BCUT2D eigenvalue weighted by atomic mass is 14.5. The first kappa shape index (κ1) is 7.96. The third kappa shape index (κ3) is 0.857. The molecule has 4 aliphatic rings. The lowest BCUT2D eigenvalue weighted by molar-refractivity contribution is 0.389. The van der Waals surface area contributed by atoms with Crippen LogP contribution >= 0.6 is 0 Å². The molecule has 2 saturated carbocycles. The summed E-state index contributed by atoms with van der Waals surface area (Å²) in [5.41, 5.74) is 4.05. The molecule has 0 heteroatoms. The van der Waals surface area contributed by atoms with E-state index in [0.29, 0.717) is 0 Å². The van der Waals surface area contributed by atoms with Gasteiger partial charge in [-0.1, -0.05) is 11.1 Å². The van der Waals surface area contributed by atoms with Crippen LogP contribution < -0.4 is 0 Å². The summed E-state index contributed by atoms with van der Waals surface area (Å²) in [6, 6.07) is 0. The van der Waals surface area contributed by atoms with E-state index in [9.17, 15) is 0 Å². The van der Waals surface area contributed by atoms with Gasteiger partial charge in [0.15, 0.2) is 0 Å². The van der Waals surface area contributed by atoms with Crippen molar-refractivity contribution in [2.75, 3.05) is 0 Å². The van der Waals surface area contributed by atoms with Crippen molar-refractivity contribution >= 4 is 0 Å². The van der Waals surface area contributed by atoms with Crippen LogP contribution in [0, 0.1) is 23.7 Å². The molecule has 4 rings (SSSR count). The molecule has 0 unspecified atom stereocenters. The average molecular weight is 188 g/mol. The summed E-state index contributed by atoms with van der Waals surface area (Å²) in [5, 5.41) is 0. The van der Waals surface area contributed by atoms with Crippen molar-refractivity contribution < 1.29 is 0 Å². The molecular weight excluding hydrogens is 168 g/mol. The van der Waals surface area contributed by atoms with Gasteiger partial charge in [-0.25, -0.2) is 0 Å². The van der Waals surface area contributed by atoms with Crippen LogP contribution in [-0.4, -0.2) is 0 Å². The third-order valence-corrected chi connectivity index (χ3v) is 5.55. The number of rotatable bonds is 0. The molecule has 76 valence electrons. The summed E-state index contributed by atoms with van der Waals surface area (Å²) in [4.78, 5) is 0. The van der Waals surface area contributed by atoms with Crippen molar-refractivity contribution in [1.29, 1.82) is 0 Å². The fraction of sp³-hybridized carbons (Fsp3) is 0.857. The summed E-state index contributed by atoms with van der Waals surface area (Å²) in [7, 11) is 0. The van der Waals surface area contributed by atoms with E-state index in [2.05, 4.69) is 0 Å². The molecule has 0 aromatic rings. The van der Waals surface area contributed by atoms with Crippen LogP contribution in [0.1, 0.15) is 51.4 Å². The molecule has 0 saturated heterocycles. The van der Waals surface area contributed by atoms with E-state index < -0.39 is 0 Å². The van der Waals surface area contributed by atoms with Gasteiger partial charge >= 0.3 is 0 Å². The zero-order chi connectivity index (χ0) is 9.12. The molecule has 0 aliphatic heterocycles. The lowest BCUT2D eigenvalue weighted by atomic mass is 9.70. The Morgan fingerprint density at radius 2 is 0.643 bits per heavy atom. The van der Waals surface area contributed by atoms with Crippen LogP contribution in [0.25, 0.3) is 0 Å². The van der Waals surface area contributed by atoms with E-state index in [1.165, 1.54) is 0 Å². The van der Waals surface area contributed by atoms with Gasteiger partial charge in [-0.2, -0.15) is 0 Å². The van der Waals surface area contributed by atoms with Gasteiger partial charge in [-0.05, 0) is 75.0 Å². The lowest BCUT2D eigenvalue weighted by Crippen LogP contribution is -2.22. The molecule has 0 heterocycles. The Kier molecular flexibility index (Phi) is 1.51. The quantitative estimate of drug-likeness (QED) is 0.505. The van der Waals surface area contributed by atoms with Gasteiger partial charge in [0.1, 0.15) is 0 Å². The van der Waals surface area contributed by atoms with E-state index in [-0.39, 0.29) is 0 Å². The van der Waals surface area contributed by atoms with Crippen LogP contribution in [0.3, 0.4) is 0 Å². The topological polar surface area (TPSA) is 0 Å². The molecule has 2 fully saturated rings. The average Bonchev–Trinajstić information content (AvgIpc) is 2.77. The van der Waals surface area contributed by atoms with Crippen molar-refractivity contribution in [3.05, 3.63) is 11.1 Å². The summed E-state index contributed by atoms with van der Waals surface area (Å²) < 4.78 is 0. The Labute approximate surface area is 86.8 Å². The summed E-state index contributed by atoms with van der Waals surface area (Å²) in [6.07, 6.45) is 12.4. The number of hydrogen-bond donors (Lipinski definition) is 0. The Morgan fingerprint density at radius 3 is 0.857 bits per heavy atom. The van der Waals surface area contributed by atoms with E-state index in [1.807, 2.05) is 11.1 Å². The molecule has 0 amide bonds. The summed E-state index contributed by atoms with van der Waals surface area (Å²) >= 11 is 0. The second-order valence-corrected chi connectivity index (χ2v) is 6.01. The van der Waals surface area contributed by atoms with Crippen LogP contribution in [0.5, 0.6) is 0 Å². The smallest absolute Gasteiger partial charge is 0.0197 e. The molecule has 0 bridgehead atoms. The molecule has 0 N–H and O–H groups in total. The molecule has 0 spiro atoms. The maximum absolute atomic E-state index is 2.02. The van der Waals surface area contributed by atoms with Crippen LogP contribution in [-0.2, 0) is 0 Å². The van der Waals surface area contributed by atoms with Crippen LogP contribution in [0.2, 0.25) is 0 Å². The maximum Gasteiger partial charge on any atom is -0.0197 e. The van der Waals surface area contributed by atoms with Crippen LogP contribution in [0.4, 0.5) is 0 Å². The zero-order valence-electron chi connectivity index (χ0n) is 8.97. The molecule has 0 nitrogen and oxygen atoms in total. The minimum absolute atomic E-state index is 1.06. The molecule has 14 heavy (non-hydrogen) atoms. The highest BCUT2D eigenvalue weighted by molar-refractivity contribution is 5.34. The Morgan fingerprint density at radius 1 is 0.429 bits per heavy atom. The van der Waals surface area contributed by atoms with E-state index in [1.54, 1.807) is 51.4 Å². The first-order valence-corrected chi connectivity index (χ1v) is 6.67. The summed E-state index contributed by atoms with van der Waals surface area (Å²) in [5.74, 6) is 4.25. The van der Waals surface area contributed by atoms with Gasteiger partial charge in [0.2, 0.25) is 0 Å². The second-order valence-electron chi connectivity index (χ2n) is 6.01. The molecule has 0 atom stereocenters. The van der Waals surface area contributed by atoms with Gasteiger partial charge in [0, 0.05) is 0 Å². The Hall–Kier alpha value is -0.260. The first-order chi connectivity index (χ1) is 6.93.